The molecule has 5 heteroatoms. The van der Waals surface area contributed by atoms with Gasteiger partial charge in [0.1, 0.15) is 0 Å². The fourth-order valence-corrected chi connectivity index (χ4v) is 6.02. The van der Waals surface area contributed by atoms with E-state index in [1.165, 1.54) is 23.9 Å². The van der Waals surface area contributed by atoms with Crippen LogP contribution in [0.15, 0.2) is 95.7 Å². The van der Waals surface area contributed by atoms with Crippen LogP contribution >= 0.6 is 0 Å². The molecule has 7 aromatic rings. The normalized spacial score (nSPS) is 16.0. The third-order valence-electron chi connectivity index (χ3n) is 9.74. The van der Waals surface area contributed by atoms with Gasteiger partial charge in [-0.25, -0.2) is 4.98 Å². The van der Waals surface area contributed by atoms with Crippen LogP contribution in [0.25, 0.3) is 55.7 Å². The van der Waals surface area contributed by atoms with Crippen LogP contribution < -0.4 is 0 Å². The Hall–Kier alpha value is -4.44. The van der Waals surface area contributed by atoms with E-state index in [-0.39, 0.29) is 64.6 Å². The van der Waals surface area contributed by atoms with E-state index in [2.05, 4.69) is 68.6 Å². The maximum Gasteiger partial charge on any atom is 0.216 e. The molecule has 3 aromatic carbocycles. The third kappa shape index (κ3) is 7.97. The third-order valence-corrected chi connectivity index (χ3v) is 9.74. The van der Waals surface area contributed by atoms with E-state index >= 15 is 0 Å². The topological polar surface area (TPSA) is 51.8 Å². The summed E-state index contributed by atoms with van der Waals surface area (Å²) in [6.07, 6.45) is 4.73. The van der Waals surface area contributed by atoms with Crippen LogP contribution in [0.2, 0.25) is 0 Å². The first-order valence-electron chi connectivity index (χ1n) is 23.1. The minimum Gasteiger partial charge on any atom is -0.486 e. The first kappa shape index (κ1) is 25.5. The maximum absolute atomic E-state index is 8.36. The molecule has 4 heterocycles. The smallest absolute Gasteiger partial charge is 0.216 e. The summed E-state index contributed by atoms with van der Waals surface area (Å²) in [6.45, 7) is 3.04. The summed E-state index contributed by atoms with van der Waals surface area (Å²) in [4.78, 5) is 13.1. The Kier molecular flexibility index (Phi) is 7.69. The van der Waals surface area contributed by atoms with Crippen molar-refractivity contribution in [2.24, 2.45) is 0 Å². The van der Waals surface area contributed by atoms with Gasteiger partial charge in [-0.1, -0.05) is 95.7 Å². The second-order valence-electron chi connectivity index (χ2n) is 14.1. The maximum atomic E-state index is 8.36. The molecule has 7 rings (SSSR count). The van der Waals surface area contributed by atoms with Crippen molar-refractivity contribution in [3.8, 4) is 33.6 Å². The number of hydrogen-bond acceptors (Lipinski definition) is 4. The van der Waals surface area contributed by atoms with Gasteiger partial charge in [0.15, 0.2) is 0 Å². The van der Waals surface area contributed by atoms with Gasteiger partial charge in [-0.15, -0.1) is 53.6 Å². The molecule has 0 saturated carbocycles. The number of aromatic nitrogens is 3. The predicted molar refractivity (Wildman–Crippen MR) is 213 cm³/mol. The minimum absolute atomic E-state index is 0. The average molecular weight is 876 g/mol. The molecule has 1 radical (unpaired) electrons. The van der Waals surface area contributed by atoms with E-state index in [0.29, 0.717) is 33.2 Å². The summed E-state index contributed by atoms with van der Waals surface area (Å²) in [7, 11) is 0. The van der Waals surface area contributed by atoms with Crippen molar-refractivity contribution in [2.75, 3.05) is 0 Å². The Bertz CT molecular complexity index is 2690. The van der Waals surface area contributed by atoms with Crippen LogP contribution in [-0.4, -0.2) is 15.0 Å². The van der Waals surface area contributed by atoms with E-state index in [9.17, 15) is 0 Å². The van der Waals surface area contributed by atoms with Gasteiger partial charge >= 0.3 is 0 Å². The number of hydrogen-bond donors (Lipinski definition) is 0. The van der Waals surface area contributed by atoms with E-state index in [1.807, 2.05) is 24.4 Å². The van der Waals surface area contributed by atoms with E-state index in [4.69, 9.17) is 20.9 Å². The molecule has 0 spiro atoms. The molecule has 0 bridgehead atoms. The van der Waals surface area contributed by atoms with E-state index in [0.717, 1.165) is 29.7 Å². The monoisotopic (exact) mass is 876 g/mol. The van der Waals surface area contributed by atoms with E-state index < -0.39 is 27.4 Å². The van der Waals surface area contributed by atoms with Crippen LogP contribution in [0.1, 0.15) is 104 Å². The fraction of sp³-hybridized carbons (Fsp3) is 0.298. The molecular weight excluding hydrogens is 815 g/mol. The summed E-state index contributed by atoms with van der Waals surface area (Å²) < 4.78 is 101. The molecule has 0 aliphatic heterocycles. The first-order valence-corrected chi connectivity index (χ1v) is 17.1. The van der Waals surface area contributed by atoms with Crippen molar-refractivity contribution in [2.45, 2.75) is 92.6 Å². The average Bonchev–Trinajstić information content (AvgIpc) is 3.60. The number of aryl methyl sites for hydroxylation is 4. The summed E-state index contributed by atoms with van der Waals surface area (Å²) in [5.41, 5.74) is 5.37. The van der Waals surface area contributed by atoms with Gasteiger partial charge in [-0.05, 0) is 101 Å². The van der Waals surface area contributed by atoms with Crippen LogP contribution in [0.5, 0.6) is 0 Å². The minimum atomic E-state index is -2.57. The quantitative estimate of drug-likeness (QED) is 0.156. The van der Waals surface area contributed by atoms with Crippen molar-refractivity contribution < 1.29 is 41.0 Å². The number of fused-ring (bicyclic) bond motifs is 3. The Morgan fingerprint density at radius 3 is 2.15 bits per heavy atom. The molecule has 4 aromatic heterocycles. The molecule has 0 saturated heterocycles. The fourth-order valence-electron chi connectivity index (χ4n) is 6.02. The zero-order chi connectivity index (χ0) is 46.5. The number of nitrogens with zero attached hydrogens (tertiary/aromatic N) is 3. The van der Waals surface area contributed by atoms with Gasteiger partial charge in [0.2, 0.25) is 5.71 Å². The van der Waals surface area contributed by atoms with Gasteiger partial charge in [-0.3, -0.25) is 0 Å². The Balaban J connectivity index is 0.000000308. The van der Waals surface area contributed by atoms with Crippen molar-refractivity contribution in [3.63, 3.8) is 0 Å². The molecule has 0 N–H and O–H groups in total. The van der Waals surface area contributed by atoms with Crippen LogP contribution in [0.4, 0.5) is 0 Å². The van der Waals surface area contributed by atoms with Crippen molar-refractivity contribution in [1.29, 1.82) is 0 Å². The Labute approximate surface area is 340 Å². The van der Waals surface area contributed by atoms with Crippen molar-refractivity contribution in [1.82, 2.24) is 15.0 Å². The molecule has 269 valence electrons. The standard InChI is InChI=1S/C31H31N2O.C16H18N.Ir/c1-7-31(6,8-2)22-13-15-23(19(3)16-22)27-17-28(32-18-20(27)4)26-11-9-10-24-25-14-12-21(5)33-30(25)34-29(24)26;1-12-5-7-13(8-6-12)15-10-9-14(11-17-15)16(2,3)4;/h9-10,12-18H,7-8H2,1-6H3;5-7,9-11H,1-4H3;/q2*-1;/i3D3,4D3,5D3;1D3;. The molecule has 0 unspecified atom stereocenters. The van der Waals surface area contributed by atoms with E-state index in [1.54, 1.807) is 48.5 Å². The number of rotatable bonds is 6. The van der Waals surface area contributed by atoms with Gasteiger partial charge in [0.05, 0.1) is 5.58 Å². The SMILES string of the molecule is [2H]C([2H])([2H])c1c[c-]c(-c2ccc(C(C)(C)C)cn2)cc1.[2H]C([2H])([2H])c1ccc2c(n1)oc1c(-c3cc(-c4ccc(C(C)(CC)CC)cc4C([2H])([2H])[2H])c(C([2H])([2H])[2H])cn3)[c-]ccc12.[Ir]. The van der Waals surface area contributed by atoms with Gasteiger partial charge < -0.3 is 14.4 Å². The second-order valence-corrected chi connectivity index (χ2v) is 14.1. The number of benzene rings is 3. The molecule has 4 nitrogen and oxygen atoms in total. The van der Waals surface area contributed by atoms with Gasteiger partial charge in [-0.2, -0.15) is 0 Å². The Morgan fingerprint density at radius 1 is 0.712 bits per heavy atom. The van der Waals surface area contributed by atoms with Crippen molar-refractivity contribution in [3.05, 3.63) is 137 Å². The second kappa shape index (κ2) is 15.7. The van der Waals surface area contributed by atoms with Crippen LogP contribution in [0.3, 0.4) is 0 Å². The zero-order valence-electron chi connectivity index (χ0n) is 42.2. The summed E-state index contributed by atoms with van der Waals surface area (Å²) in [6, 6.07) is 28.3. The van der Waals surface area contributed by atoms with Gasteiger partial charge in [0, 0.05) is 60.0 Å². The molecule has 0 fully saturated rings. The summed E-state index contributed by atoms with van der Waals surface area (Å²) >= 11 is 0. The van der Waals surface area contributed by atoms with Crippen LogP contribution in [0, 0.1) is 39.5 Å². The molecule has 0 aliphatic rings. The predicted octanol–water partition coefficient (Wildman–Crippen LogP) is 12.7. The zero-order valence-corrected chi connectivity index (χ0v) is 32.6. The number of pyridine rings is 3. The first-order chi connectivity index (χ1) is 29.2. The summed E-state index contributed by atoms with van der Waals surface area (Å²) in [5.74, 6) is 0. The molecule has 0 atom stereocenters. The molecule has 0 amide bonds. The van der Waals surface area contributed by atoms with Crippen LogP contribution in [-0.2, 0) is 30.9 Å². The van der Waals surface area contributed by atoms with Gasteiger partial charge in [0.25, 0.3) is 0 Å². The summed E-state index contributed by atoms with van der Waals surface area (Å²) in [5, 5.41) is 1.26. The molecular formula is C47H49IrN3O-2. The largest absolute Gasteiger partial charge is 0.486 e. The van der Waals surface area contributed by atoms with Crippen molar-refractivity contribution >= 4 is 22.1 Å². The molecule has 0 aliphatic carbocycles. The molecule has 52 heavy (non-hydrogen) atoms. The Morgan fingerprint density at radius 2 is 1.50 bits per heavy atom. The number of furan rings is 1.